The molecule has 6 nitrogen and oxygen atoms in total. The average Bonchev–Trinajstić information content (AvgIpc) is 2.91. The quantitative estimate of drug-likeness (QED) is 0.725. The van der Waals surface area contributed by atoms with Crippen molar-refractivity contribution in [2.75, 3.05) is 11.9 Å². The highest BCUT2D eigenvalue weighted by Crippen LogP contribution is 2.28. The number of anilines is 1. The molecule has 3 N–H and O–H groups in total. The topological polar surface area (TPSA) is 95.5 Å². The predicted octanol–water partition coefficient (Wildman–Crippen LogP) is 2.84. The maximum atomic E-state index is 11.9. The molecule has 1 heterocycles. The number of aromatic carboxylic acids is 1. The van der Waals surface area contributed by atoms with Crippen molar-refractivity contribution in [2.45, 2.75) is 26.2 Å². The van der Waals surface area contributed by atoms with Gasteiger partial charge in [0.15, 0.2) is 0 Å². The summed E-state index contributed by atoms with van der Waals surface area (Å²) in [5.74, 6) is -1.18. The third kappa shape index (κ3) is 4.79. The van der Waals surface area contributed by atoms with Crippen LogP contribution in [0, 0.1) is 0 Å². The molecule has 2 rings (SSSR count). The van der Waals surface area contributed by atoms with Crippen LogP contribution < -0.4 is 10.6 Å². The zero-order valence-corrected chi connectivity index (χ0v) is 13.5. The van der Waals surface area contributed by atoms with Gasteiger partial charge >= 0.3 is 5.97 Å². The molecule has 7 heteroatoms. The van der Waals surface area contributed by atoms with E-state index in [9.17, 15) is 14.4 Å². The van der Waals surface area contributed by atoms with Gasteiger partial charge in [0.2, 0.25) is 11.8 Å². The fourth-order valence-corrected chi connectivity index (χ4v) is 3.03. The van der Waals surface area contributed by atoms with Crippen molar-refractivity contribution in [3.8, 4) is 0 Å². The minimum absolute atomic E-state index is 0.0545. The highest BCUT2D eigenvalue weighted by atomic mass is 32.1. The molecule has 0 saturated carbocycles. The number of hydrogen-bond donors (Lipinski definition) is 3. The average molecular weight is 334 g/mol. The second-order valence-electron chi connectivity index (χ2n) is 5.02. The minimum atomic E-state index is -0.956. The number of benzene rings is 1. The SMILES string of the molecule is CCNC(=O)CCCC(=O)Nc1ccc2sc(C(=O)O)cc2c1. The smallest absolute Gasteiger partial charge is 0.345 e. The fraction of sp³-hybridized carbons (Fsp3) is 0.312. The number of rotatable bonds is 7. The monoisotopic (exact) mass is 334 g/mol. The first-order valence-electron chi connectivity index (χ1n) is 7.33. The number of carboxylic acid groups (broad SMARTS) is 1. The standard InChI is InChI=1S/C16H18N2O4S/c1-2-17-14(19)4-3-5-15(20)18-11-6-7-12-10(8-11)9-13(23-12)16(21)22/h6-9H,2-5H2,1H3,(H,17,19)(H,18,20)(H,21,22). The summed E-state index contributed by atoms with van der Waals surface area (Å²) in [5.41, 5.74) is 0.621. The molecular formula is C16H18N2O4S. The van der Waals surface area contributed by atoms with Crippen LogP contribution >= 0.6 is 11.3 Å². The summed E-state index contributed by atoms with van der Waals surface area (Å²) in [6.45, 7) is 2.44. The van der Waals surface area contributed by atoms with E-state index in [1.807, 2.05) is 6.92 Å². The van der Waals surface area contributed by atoms with Gasteiger partial charge in [0, 0.05) is 29.8 Å². The Kier molecular flexibility index (Phi) is 5.70. The van der Waals surface area contributed by atoms with E-state index in [1.54, 1.807) is 24.3 Å². The number of carboxylic acids is 1. The molecular weight excluding hydrogens is 316 g/mol. The Morgan fingerprint density at radius 2 is 1.87 bits per heavy atom. The molecule has 1 aromatic carbocycles. The zero-order chi connectivity index (χ0) is 16.8. The summed E-state index contributed by atoms with van der Waals surface area (Å²) < 4.78 is 0.858. The lowest BCUT2D eigenvalue weighted by Crippen LogP contribution is -2.22. The normalized spacial score (nSPS) is 10.5. The van der Waals surface area contributed by atoms with Gasteiger partial charge in [-0.3, -0.25) is 9.59 Å². The third-order valence-electron chi connectivity index (χ3n) is 3.19. The number of carbonyl (C=O) groups is 3. The molecule has 0 atom stereocenters. The minimum Gasteiger partial charge on any atom is -0.477 e. The molecule has 0 aliphatic carbocycles. The second kappa shape index (κ2) is 7.73. The van der Waals surface area contributed by atoms with Crippen LogP contribution in [0.5, 0.6) is 0 Å². The largest absolute Gasteiger partial charge is 0.477 e. The first-order chi connectivity index (χ1) is 11.0. The van der Waals surface area contributed by atoms with Gasteiger partial charge in [-0.05, 0) is 43.0 Å². The molecule has 122 valence electrons. The van der Waals surface area contributed by atoms with E-state index < -0.39 is 5.97 Å². The summed E-state index contributed by atoms with van der Waals surface area (Å²) in [4.78, 5) is 34.4. The molecule has 23 heavy (non-hydrogen) atoms. The van der Waals surface area contributed by atoms with E-state index in [-0.39, 0.29) is 23.1 Å². The van der Waals surface area contributed by atoms with Gasteiger partial charge in [-0.2, -0.15) is 0 Å². The third-order valence-corrected chi connectivity index (χ3v) is 4.30. The van der Waals surface area contributed by atoms with E-state index in [1.165, 1.54) is 11.3 Å². The Balaban J connectivity index is 1.92. The summed E-state index contributed by atoms with van der Waals surface area (Å²) >= 11 is 1.20. The lowest BCUT2D eigenvalue weighted by molar-refractivity contribution is -0.121. The molecule has 0 saturated heterocycles. The zero-order valence-electron chi connectivity index (χ0n) is 12.7. The number of amides is 2. The van der Waals surface area contributed by atoms with Crippen LogP contribution in [0.15, 0.2) is 24.3 Å². The van der Waals surface area contributed by atoms with Gasteiger partial charge in [0.25, 0.3) is 0 Å². The van der Waals surface area contributed by atoms with Gasteiger partial charge in [0.05, 0.1) is 0 Å². The van der Waals surface area contributed by atoms with Gasteiger partial charge in [0.1, 0.15) is 4.88 Å². The van der Waals surface area contributed by atoms with Gasteiger partial charge < -0.3 is 15.7 Å². The molecule has 0 aliphatic heterocycles. The molecule has 0 spiro atoms. The molecule has 2 aromatic rings. The van der Waals surface area contributed by atoms with Crippen molar-refractivity contribution in [3.63, 3.8) is 0 Å². The lowest BCUT2D eigenvalue weighted by Gasteiger charge is -2.05. The molecule has 2 amide bonds. The number of fused-ring (bicyclic) bond motifs is 1. The molecule has 0 unspecified atom stereocenters. The van der Waals surface area contributed by atoms with Crippen LogP contribution in [0.2, 0.25) is 0 Å². The Morgan fingerprint density at radius 3 is 2.57 bits per heavy atom. The molecule has 0 radical (unpaired) electrons. The van der Waals surface area contributed by atoms with Crippen molar-refractivity contribution < 1.29 is 19.5 Å². The van der Waals surface area contributed by atoms with E-state index in [4.69, 9.17) is 5.11 Å². The van der Waals surface area contributed by atoms with Crippen LogP contribution in [-0.2, 0) is 9.59 Å². The maximum Gasteiger partial charge on any atom is 0.345 e. The van der Waals surface area contributed by atoms with E-state index >= 15 is 0 Å². The molecule has 1 aromatic heterocycles. The van der Waals surface area contributed by atoms with E-state index in [0.29, 0.717) is 25.1 Å². The molecule has 0 aliphatic rings. The van der Waals surface area contributed by atoms with Crippen LogP contribution in [0.3, 0.4) is 0 Å². The van der Waals surface area contributed by atoms with E-state index in [0.717, 1.165) is 10.1 Å². The van der Waals surface area contributed by atoms with Crippen LogP contribution in [0.4, 0.5) is 5.69 Å². The van der Waals surface area contributed by atoms with Crippen LogP contribution in [0.25, 0.3) is 10.1 Å². The van der Waals surface area contributed by atoms with Crippen molar-refractivity contribution in [2.24, 2.45) is 0 Å². The number of carbonyl (C=O) groups excluding carboxylic acids is 2. The highest BCUT2D eigenvalue weighted by Gasteiger charge is 2.10. The van der Waals surface area contributed by atoms with Gasteiger partial charge in [-0.15, -0.1) is 11.3 Å². The highest BCUT2D eigenvalue weighted by molar-refractivity contribution is 7.20. The first-order valence-corrected chi connectivity index (χ1v) is 8.14. The Bertz CT molecular complexity index is 739. The van der Waals surface area contributed by atoms with Crippen molar-refractivity contribution in [1.82, 2.24) is 5.32 Å². The summed E-state index contributed by atoms with van der Waals surface area (Å²) in [5, 5.41) is 15.2. The van der Waals surface area contributed by atoms with Crippen molar-refractivity contribution in [3.05, 3.63) is 29.1 Å². The first kappa shape index (κ1) is 17.0. The number of hydrogen-bond acceptors (Lipinski definition) is 4. The van der Waals surface area contributed by atoms with Crippen LogP contribution in [-0.4, -0.2) is 29.4 Å². The maximum absolute atomic E-state index is 11.9. The Labute approximate surface area is 137 Å². The molecule has 0 fully saturated rings. The predicted molar refractivity (Wildman–Crippen MR) is 89.9 cm³/mol. The second-order valence-corrected chi connectivity index (χ2v) is 6.11. The summed E-state index contributed by atoms with van der Waals surface area (Å²) in [7, 11) is 0. The summed E-state index contributed by atoms with van der Waals surface area (Å²) in [6, 6.07) is 6.87. The fourth-order valence-electron chi connectivity index (χ4n) is 2.15. The van der Waals surface area contributed by atoms with E-state index in [2.05, 4.69) is 10.6 Å². The van der Waals surface area contributed by atoms with Crippen LogP contribution in [0.1, 0.15) is 35.9 Å². The number of nitrogens with one attached hydrogen (secondary N) is 2. The van der Waals surface area contributed by atoms with Crippen molar-refractivity contribution in [1.29, 1.82) is 0 Å². The summed E-state index contributed by atoms with van der Waals surface area (Å²) in [6.07, 6.45) is 1.08. The van der Waals surface area contributed by atoms with Crippen molar-refractivity contribution >= 4 is 44.9 Å². The van der Waals surface area contributed by atoms with Gasteiger partial charge in [-0.25, -0.2) is 4.79 Å². The Hall–Kier alpha value is -2.41. The number of thiophene rings is 1. The molecule has 0 bridgehead atoms. The lowest BCUT2D eigenvalue weighted by atomic mass is 10.2. The Morgan fingerprint density at radius 1 is 1.13 bits per heavy atom. The van der Waals surface area contributed by atoms with Gasteiger partial charge in [-0.1, -0.05) is 0 Å².